The Morgan fingerprint density at radius 3 is 2.19 bits per heavy atom. The maximum atomic E-state index is 11.3. The fourth-order valence-electron chi connectivity index (χ4n) is 0.823. The molecule has 0 radical (unpaired) electrons. The smallest absolute Gasteiger partial charge is 0.379 e. The summed E-state index contributed by atoms with van der Waals surface area (Å²) in [5.74, 6) is 0. The van der Waals surface area contributed by atoms with Crippen molar-refractivity contribution in [3.8, 4) is 0 Å². The third-order valence-corrected chi connectivity index (χ3v) is 2.72. The first-order valence-corrected chi connectivity index (χ1v) is 6.76. The topological polar surface area (TPSA) is 65.0 Å². The second-order valence-corrected chi connectivity index (χ2v) is 5.80. The lowest BCUT2D eigenvalue weighted by Crippen LogP contribution is -2.37. The van der Waals surface area contributed by atoms with Crippen molar-refractivity contribution in [1.29, 1.82) is 0 Å². The van der Waals surface area contributed by atoms with Crippen LogP contribution in [0.2, 0.25) is 0 Å². The highest BCUT2D eigenvalue weighted by molar-refractivity contribution is 7.47. The van der Waals surface area contributed by atoms with Crippen molar-refractivity contribution in [2.75, 3.05) is 54.1 Å². The van der Waals surface area contributed by atoms with Gasteiger partial charge in [0.25, 0.3) is 0 Å². The minimum Gasteiger partial charge on any atom is -0.379 e. The van der Waals surface area contributed by atoms with Gasteiger partial charge in [0.05, 0.1) is 34.4 Å². The zero-order valence-electron chi connectivity index (χ0n) is 10.5. The first-order chi connectivity index (χ1) is 7.27. The van der Waals surface area contributed by atoms with Crippen molar-refractivity contribution < 1.29 is 27.7 Å². The Morgan fingerprint density at radius 1 is 1.12 bits per heavy atom. The monoisotopic (exact) mass is 256 g/mol. The Kier molecular flexibility index (Phi) is 7.39. The van der Waals surface area contributed by atoms with Crippen LogP contribution in [0, 0.1) is 0 Å². The molecule has 0 amide bonds. The zero-order valence-corrected chi connectivity index (χ0v) is 11.4. The van der Waals surface area contributed by atoms with E-state index < -0.39 is 7.82 Å². The van der Waals surface area contributed by atoms with Crippen LogP contribution < -0.4 is 0 Å². The highest BCUT2D eigenvalue weighted by Gasteiger charge is 2.21. The number of hydrogen-bond donors (Lipinski definition) is 1. The van der Waals surface area contributed by atoms with Crippen molar-refractivity contribution in [3.05, 3.63) is 0 Å². The number of likely N-dealkylation sites (N-methyl/N-ethyl adjacent to an activating group) is 1. The number of phosphoric ester groups is 1. The third kappa shape index (κ3) is 10.5. The summed E-state index contributed by atoms with van der Waals surface area (Å²) in [6, 6.07) is 0. The van der Waals surface area contributed by atoms with E-state index in [4.69, 9.17) is 13.8 Å². The Balaban J connectivity index is 3.66. The number of rotatable bonds is 9. The molecule has 0 aromatic carbocycles. The van der Waals surface area contributed by atoms with E-state index in [0.29, 0.717) is 24.2 Å². The summed E-state index contributed by atoms with van der Waals surface area (Å²) in [6.07, 6.45) is 0. The van der Waals surface area contributed by atoms with E-state index >= 15 is 0 Å². The lowest BCUT2D eigenvalue weighted by Gasteiger charge is -2.23. The fourth-order valence-corrected chi connectivity index (χ4v) is 1.52. The molecule has 0 aliphatic heterocycles. The summed E-state index contributed by atoms with van der Waals surface area (Å²) < 4.78 is 26.5. The van der Waals surface area contributed by atoms with Gasteiger partial charge in [0.1, 0.15) is 13.2 Å². The minimum atomic E-state index is -3.91. The van der Waals surface area contributed by atoms with Gasteiger partial charge in [0.15, 0.2) is 0 Å². The first kappa shape index (κ1) is 16.0. The van der Waals surface area contributed by atoms with Crippen LogP contribution in [0.15, 0.2) is 0 Å². The fraction of sp³-hybridized carbons (Fsp3) is 1.00. The largest absolute Gasteiger partial charge is 0.472 e. The summed E-state index contributed by atoms with van der Waals surface area (Å²) in [4.78, 5) is 9.26. The average molecular weight is 256 g/mol. The van der Waals surface area contributed by atoms with Gasteiger partial charge in [-0.1, -0.05) is 0 Å². The summed E-state index contributed by atoms with van der Waals surface area (Å²) in [5.41, 5.74) is 0. The van der Waals surface area contributed by atoms with Crippen molar-refractivity contribution >= 4 is 7.82 Å². The van der Waals surface area contributed by atoms with Crippen LogP contribution in [0.5, 0.6) is 0 Å². The molecule has 0 heterocycles. The molecule has 0 fully saturated rings. The summed E-state index contributed by atoms with van der Waals surface area (Å²) in [7, 11) is 2.01. The molecule has 6 nitrogen and oxygen atoms in total. The Labute approximate surface area is 97.3 Å². The molecule has 0 aromatic rings. The van der Waals surface area contributed by atoms with Gasteiger partial charge in [-0.25, -0.2) is 4.57 Å². The summed E-state index contributed by atoms with van der Waals surface area (Å²) in [5, 5.41) is 0. The van der Waals surface area contributed by atoms with Gasteiger partial charge in [-0.2, -0.15) is 0 Å². The molecule has 0 saturated carbocycles. The van der Waals surface area contributed by atoms with Crippen LogP contribution in [-0.2, 0) is 18.3 Å². The zero-order chi connectivity index (χ0) is 12.7. The molecule has 0 aliphatic carbocycles. The van der Waals surface area contributed by atoms with Crippen molar-refractivity contribution in [2.45, 2.75) is 6.92 Å². The molecule has 0 saturated heterocycles. The molecule has 0 rings (SSSR count). The molecule has 0 spiro atoms. The predicted octanol–water partition coefficient (Wildman–Crippen LogP) is 0.863. The Bertz CT molecular complexity index is 228. The van der Waals surface area contributed by atoms with Crippen molar-refractivity contribution in [3.63, 3.8) is 0 Å². The molecule has 16 heavy (non-hydrogen) atoms. The second kappa shape index (κ2) is 7.37. The van der Waals surface area contributed by atoms with E-state index in [1.165, 1.54) is 0 Å². The highest BCUT2D eigenvalue weighted by atomic mass is 31.2. The van der Waals surface area contributed by atoms with Crippen molar-refractivity contribution in [1.82, 2.24) is 0 Å². The van der Waals surface area contributed by atoms with E-state index in [9.17, 15) is 9.46 Å². The van der Waals surface area contributed by atoms with Crippen LogP contribution >= 0.6 is 7.82 Å². The van der Waals surface area contributed by atoms with Gasteiger partial charge < -0.3 is 14.1 Å². The van der Waals surface area contributed by atoms with Gasteiger partial charge in [0.2, 0.25) is 0 Å². The van der Waals surface area contributed by atoms with Gasteiger partial charge in [0, 0.05) is 6.61 Å². The first-order valence-electron chi connectivity index (χ1n) is 5.27. The normalized spacial score (nSPS) is 16.1. The predicted molar refractivity (Wildman–Crippen MR) is 61.1 cm³/mol. The molecule has 98 valence electrons. The van der Waals surface area contributed by atoms with Crippen molar-refractivity contribution in [2.24, 2.45) is 0 Å². The van der Waals surface area contributed by atoms with Gasteiger partial charge in [-0.05, 0) is 6.92 Å². The number of hydrogen-bond acceptors (Lipinski definition) is 4. The molecule has 0 bridgehead atoms. The van der Waals surface area contributed by atoms with Crippen LogP contribution in [0.1, 0.15) is 6.92 Å². The number of nitrogens with zero attached hydrogens (tertiary/aromatic N) is 1. The quantitative estimate of drug-likeness (QED) is 0.376. The molecule has 7 heteroatoms. The van der Waals surface area contributed by atoms with E-state index in [1.54, 1.807) is 0 Å². The maximum Gasteiger partial charge on any atom is 0.472 e. The van der Waals surface area contributed by atoms with Crippen LogP contribution in [0.25, 0.3) is 0 Å². The van der Waals surface area contributed by atoms with E-state index in [0.717, 1.165) is 0 Å². The molecule has 0 aliphatic rings. The second-order valence-electron chi connectivity index (χ2n) is 4.35. The van der Waals surface area contributed by atoms with E-state index in [1.807, 2.05) is 28.1 Å². The van der Waals surface area contributed by atoms with Crippen LogP contribution in [0.4, 0.5) is 0 Å². The molecule has 1 atom stereocenters. The molecule has 1 unspecified atom stereocenters. The molecule has 1 N–H and O–H groups in total. The van der Waals surface area contributed by atoms with E-state index in [-0.39, 0.29) is 13.2 Å². The Morgan fingerprint density at radius 2 is 1.69 bits per heavy atom. The SMILES string of the molecule is CCOCCOP(=O)(O)OCC[N+](C)(C)C. The van der Waals surface area contributed by atoms with Crippen LogP contribution in [0.3, 0.4) is 0 Å². The van der Waals surface area contributed by atoms with E-state index in [2.05, 4.69) is 0 Å². The van der Waals surface area contributed by atoms with Gasteiger partial charge >= 0.3 is 7.82 Å². The molecular formula is C9H23NO5P+. The number of quaternary nitrogens is 1. The third-order valence-electron chi connectivity index (χ3n) is 1.70. The number of ether oxygens (including phenoxy) is 1. The Hall–Kier alpha value is 0.0300. The lowest BCUT2D eigenvalue weighted by atomic mass is 10.5. The van der Waals surface area contributed by atoms with Crippen LogP contribution in [-0.4, -0.2) is 63.5 Å². The van der Waals surface area contributed by atoms with Gasteiger partial charge in [-0.3, -0.25) is 9.05 Å². The molecular weight excluding hydrogens is 233 g/mol. The lowest BCUT2D eigenvalue weighted by molar-refractivity contribution is -0.870. The standard InChI is InChI=1S/C9H22NO5P/c1-5-13-8-9-15-16(11,12)14-7-6-10(2,3)4/h5-9H2,1-4H3/p+1. The highest BCUT2D eigenvalue weighted by Crippen LogP contribution is 2.42. The molecule has 0 aromatic heterocycles. The maximum absolute atomic E-state index is 11.3. The summed E-state index contributed by atoms with van der Waals surface area (Å²) in [6.45, 7) is 3.58. The van der Waals surface area contributed by atoms with Gasteiger partial charge in [-0.15, -0.1) is 0 Å². The number of phosphoric acid groups is 1. The average Bonchev–Trinajstić information content (AvgIpc) is 2.10. The minimum absolute atomic E-state index is 0.0615. The summed E-state index contributed by atoms with van der Waals surface area (Å²) >= 11 is 0.